The summed E-state index contributed by atoms with van der Waals surface area (Å²) in [5, 5.41) is 10.5. The van der Waals surface area contributed by atoms with E-state index in [-0.39, 0.29) is 17.1 Å². The average molecular weight is 250 g/mol. The third-order valence-corrected chi connectivity index (χ3v) is 3.59. The molecule has 4 heteroatoms. The quantitative estimate of drug-likeness (QED) is 0.875. The van der Waals surface area contributed by atoms with Gasteiger partial charge in [-0.25, -0.2) is 9.97 Å². The molecule has 1 aromatic heterocycles. The van der Waals surface area contributed by atoms with E-state index >= 15 is 0 Å². The fraction of sp³-hybridized carbons (Fsp3) is 0.714. The number of rotatable bonds is 2. The van der Waals surface area contributed by atoms with E-state index in [9.17, 15) is 5.11 Å². The Morgan fingerprint density at radius 2 is 1.83 bits per heavy atom. The second kappa shape index (κ2) is 4.28. The van der Waals surface area contributed by atoms with Crippen LogP contribution in [0.1, 0.15) is 51.6 Å². The fourth-order valence-electron chi connectivity index (χ4n) is 2.83. The first-order valence-electron chi connectivity index (χ1n) is 6.38. The number of aryl methyl sites for hydroxylation is 1. The molecule has 0 radical (unpaired) electrons. The maximum absolute atomic E-state index is 10.5. The van der Waals surface area contributed by atoms with E-state index in [0.717, 1.165) is 12.0 Å². The number of aromatic nitrogens is 2. The zero-order valence-corrected chi connectivity index (χ0v) is 11.8. The van der Waals surface area contributed by atoms with Crippen LogP contribution in [0.2, 0.25) is 0 Å². The van der Waals surface area contributed by atoms with Crippen LogP contribution in [0, 0.1) is 12.8 Å². The summed E-state index contributed by atoms with van der Waals surface area (Å²) in [7, 11) is 0. The smallest absolute Gasteiger partial charge is 0.157 e. The van der Waals surface area contributed by atoms with E-state index in [0.29, 0.717) is 5.82 Å². The number of hydrogen-bond donors (Lipinski definition) is 1. The number of nitrogens with zero attached hydrogens (tertiary/aromatic N) is 2. The fourth-order valence-corrected chi connectivity index (χ4v) is 2.83. The molecule has 100 valence electrons. The normalized spacial score (nSPS) is 27.1. The topological polar surface area (TPSA) is 55.2 Å². The second-order valence-electron chi connectivity index (χ2n) is 6.34. The van der Waals surface area contributed by atoms with Gasteiger partial charge in [-0.15, -0.1) is 0 Å². The van der Waals surface area contributed by atoms with Crippen molar-refractivity contribution in [3.8, 4) is 0 Å². The maximum atomic E-state index is 10.5. The molecule has 1 aromatic rings. The van der Waals surface area contributed by atoms with Crippen molar-refractivity contribution in [2.45, 2.75) is 58.3 Å². The first-order valence-corrected chi connectivity index (χ1v) is 6.38. The van der Waals surface area contributed by atoms with Crippen molar-refractivity contribution in [2.24, 2.45) is 5.92 Å². The Hall–Kier alpha value is -1.00. The molecule has 1 saturated heterocycles. The van der Waals surface area contributed by atoms with E-state index in [1.54, 1.807) is 12.4 Å². The summed E-state index contributed by atoms with van der Waals surface area (Å²) in [6.07, 6.45) is 3.60. The Morgan fingerprint density at radius 3 is 2.28 bits per heavy atom. The summed E-state index contributed by atoms with van der Waals surface area (Å²) in [6, 6.07) is 0. The Morgan fingerprint density at radius 1 is 1.28 bits per heavy atom. The molecule has 0 amide bonds. The van der Waals surface area contributed by atoms with Gasteiger partial charge >= 0.3 is 0 Å². The Balaban J connectivity index is 2.23. The third kappa shape index (κ3) is 2.54. The SMILES string of the molecule is Cc1cnc(C(O)C2CC(C)(C)OC2(C)C)nc1. The minimum atomic E-state index is -0.678. The van der Waals surface area contributed by atoms with Crippen molar-refractivity contribution in [1.82, 2.24) is 9.97 Å². The molecule has 0 aliphatic carbocycles. The van der Waals surface area contributed by atoms with Gasteiger partial charge in [-0.1, -0.05) is 0 Å². The maximum Gasteiger partial charge on any atom is 0.157 e. The van der Waals surface area contributed by atoms with Crippen LogP contribution < -0.4 is 0 Å². The van der Waals surface area contributed by atoms with Crippen LogP contribution in [-0.2, 0) is 4.74 Å². The van der Waals surface area contributed by atoms with Crippen molar-refractivity contribution >= 4 is 0 Å². The molecule has 2 atom stereocenters. The molecule has 1 aliphatic rings. The van der Waals surface area contributed by atoms with Gasteiger partial charge in [0, 0.05) is 18.3 Å². The van der Waals surface area contributed by atoms with Crippen LogP contribution >= 0.6 is 0 Å². The van der Waals surface area contributed by atoms with Gasteiger partial charge in [0.25, 0.3) is 0 Å². The van der Waals surface area contributed by atoms with E-state index in [1.165, 1.54) is 0 Å². The lowest BCUT2D eigenvalue weighted by Crippen LogP contribution is -2.33. The average Bonchev–Trinajstić information content (AvgIpc) is 2.47. The molecular weight excluding hydrogens is 228 g/mol. The van der Waals surface area contributed by atoms with Crippen molar-refractivity contribution in [3.63, 3.8) is 0 Å². The highest BCUT2D eigenvalue weighted by atomic mass is 16.5. The molecule has 0 spiro atoms. The first-order chi connectivity index (χ1) is 8.21. The standard InChI is InChI=1S/C14H22N2O2/c1-9-7-15-12(16-8-9)11(17)10-6-13(2,3)18-14(10,4)5/h7-8,10-11,17H,6H2,1-5H3. The van der Waals surface area contributed by atoms with Crippen LogP contribution in [0.5, 0.6) is 0 Å². The predicted molar refractivity (Wildman–Crippen MR) is 69.1 cm³/mol. The summed E-state index contributed by atoms with van der Waals surface area (Å²) in [4.78, 5) is 8.44. The van der Waals surface area contributed by atoms with Gasteiger partial charge in [0.05, 0.1) is 11.2 Å². The molecule has 2 heterocycles. The van der Waals surface area contributed by atoms with Gasteiger partial charge in [0.2, 0.25) is 0 Å². The molecule has 4 nitrogen and oxygen atoms in total. The second-order valence-corrected chi connectivity index (χ2v) is 6.34. The van der Waals surface area contributed by atoms with Crippen LogP contribution in [0.4, 0.5) is 0 Å². The zero-order chi connectivity index (χ0) is 13.6. The molecule has 2 rings (SSSR count). The molecule has 18 heavy (non-hydrogen) atoms. The molecule has 1 N–H and O–H groups in total. The van der Waals surface area contributed by atoms with Gasteiger partial charge in [-0.05, 0) is 46.6 Å². The number of aliphatic hydroxyl groups is 1. The van der Waals surface area contributed by atoms with Gasteiger partial charge in [0.1, 0.15) is 6.10 Å². The monoisotopic (exact) mass is 250 g/mol. The Labute approximate surface area is 108 Å². The van der Waals surface area contributed by atoms with Crippen LogP contribution in [0.15, 0.2) is 12.4 Å². The highest BCUT2D eigenvalue weighted by molar-refractivity contribution is 5.07. The largest absolute Gasteiger partial charge is 0.385 e. The lowest BCUT2D eigenvalue weighted by Gasteiger charge is -2.29. The van der Waals surface area contributed by atoms with Gasteiger partial charge in [-0.2, -0.15) is 0 Å². The highest BCUT2D eigenvalue weighted by Crippen LogP contribution is 2.46. The molecule has 0 saturated carbocycles. The van der Waals surface area contributed by atoms with Gasteiger partial charge < -0.3 is 9.84 Å². The van der Waals surface area contributed by atoms with Crippen LogP contribution in [0.3, 0.4) is 0 Å². The summed E-state index contributed by atoms with van der Waals surface area (Å²) in [5.74, 6) is 0.496. The summed E-state index contributed by atoms with van der Waals surface area (Å²) in [5.41, 5.74) is 0.421. The van der Waals surface area contributed by atoms with Crippen molar-refractivity contribution in [3.05, 3.63) is 23.8 Å². The van der Waals surface area contributed by atoms with E-state index < -0.39 is 6.10 Å². The van der Waals surface area contributed by atoms with Gasteiger partial charge in [0.15, 0.2) is 5.82 Å². The summed E-state index contributed by atoms with van der Waals surface area (Å²) >= 11 is 0. The lowest BCUT2D eigenvalue weighted by atomic mass is 9.82. The Bertz CT molecular complexity index is 426. The van der Waals surface area contributed by atoms with E-state index in [2.05, 4.69) is 23.8 Å². The van der Waals surface area contributed by atoms with Crippen molar-refractivity contribution in [1.29, 1.82) is 0 Å². The lowest BCUT2D eigenvalue weighted by molar-refractivity contribution is -0.0888. The zero-order valence-electron chi connectivity index (χ0n) is 11.8. The summed E-state index contributed by atoms with van der Waals surface area (Å²) in [6.45, 7) is 10.1. The van der Waals surface area contributed by atoms with E-state index in [1.807, 2.05) is 20.8 Å². The van der Waals surface area contributed by atoms with Crippen molar-refractivity contribution in [2.75, 3.05) is 0 Å². The van der Waals surface area contributed by atoms with Crippen LogP contribution in [0.25, 0.3) is 0 Å². The molecule has 0 aromatic carbocycles. The molecule has 0 bridgehead atoms. The third-order valence-electron chi connectivity index (χ3n) is 3.59. The predicted octanol–water partition coefficient (Wildman–Crippen LogP) is 2.41. The minimum absolute atomic E-state index is 0.00945. The van der Waals surface area contributed by atoms with Gasteiger partial charge in [-0.3, -0.25) is 0 Å². The number of hydrogen-bond acceptors (Lipinski definition) is 4. The molecule has 2 unspecified atom stereocenters. The summed E-state index contributed by atoms with van der Waals surface area (Å²) < 4.78 is 6.00. The number of ether oxygens (including phenoxy) is 1. The molecule has 1 fully saturated rings. The number of aliphatic hydroxyl groups excluding tert-OH is 1. The molecular formula is C14H22N2O2. The minimum Gasteiger partial charge on any atom is -0.385 e. The van der Waals surface area contributed by atoms with Crippen molar-refractivity contribution < 1.29 is 9.84 Å². The van der Waals surface area contributed by atoms with E-state index in [4.69, 9.17) is 4.74 Å². The van der Waals surface area contributed by atoms with Crippen LogP contribution in [-0.4, -0.2) is 26.3 Å². The first kappa shape index (κ1) is 13.4. The highest BCUT2D eigenvalue weighted by Gasteiger charge is 2.49. The molecule has 1 aliphatic heterocycles. The Kier molecular flexibility index (Phi) is 3.19.